The van der Waals surface area contributed by atoms with Gasteiger partial charge in [-0.1, -0.05) is 116 Å². The van der Waals surface area contributed by atoms with Gasteiger partial charge in [0, 0.05) is 27.4 Å². The van der Waals surface area contributed by atoms with Crippen molar-refractivity contribution in [1.29, 1.82) is 0 Å². The molecule has 0 saturated heterocycles. The maximum atomic E-state index is 13.1. The summed E-state index contributed by atoms with van der Waals surface area (Å²) in [5, 5.41) is 0. The van der Waals surface area contributed by atoms with E-state index >= 15 is 0 Å². The lowest BCUT2D eigenvalue weighted by atomic mass is 9.80. The topological polar surface area (TPSA) is 17.1 Å². The van der Waals surface area contributed by atoms with Crippen LogP contribution < -0.4 is 0 Å². The van der Waals surface area contributed by atoms with Crippen molar-refractivity contribution in [2.45, 2.75) is 55.4 Å². The summed E-state index contributed by atoms with van der Waals surface area (Å²) in [7, 11) is 0. The molecule has 0 aromatic heterocycles. The van der Waals surface area contributed by atoms with E-state index in [1.54, 1.807) is 0 Å². The van der Waals surface area contributed by atoms with E-state index < -0.39 is 0 Å². The quantitative estimate of drug-likeness (QED) is 0.508. The summed E-state index contributed by atoms with van der Waals surface area (Å²) in [4.78, 5) is 13.1. The van der Waals surface area contributed by atoms with Crippen molar-refractivity contribution in [2.75, 3.05) is 0 Å². The Morgan fingerprint density at radius 1 is 0.640 bits per heavy atom. The van der Waals surface area contributed by atoms with E-state index in [1.807, 2.05) is 38.2 Å². The third-order valence-electron chi connectivity index (χ3n) is 4.13. The molecule has 0 spiro atoms. The van der Waals surface area contributed by atoms with Crippen LogP contribution in [0.1, 0.15) is 55.4 Å². The largest absolute Gasteiger partial charge is 0.289 e. The molecule has 0 saturated carbocycles. The molecule has 136 valence electrons. The van der Waals surface area contributed by atoms with Gasteiger partial charge >= 0.3 is 0 Å². The number of allylic oxidation sites excluding steroid dienone is 12. The third-order valence-corrected chi connectivity index (χ3v) is 4.13. The minimum absolute atomic E-state index is 0.0500. The van der Waals surface area contributed by atoms with Crippen molar-refractivity contribution in [3.05, 3.63) is 71.9 Å². The molecule has 0 radical (unpaired) electrons. The molecule has 0 unspecified atom stereocenters. The second-order valence-corrected chi connectivity index (χ2v) is 8.38. The summed E-state index contributed by atoms with van der Waals surface area (Å²) in [5.74, 6) is 0.0912. The Kier molecular flexibility index (Phi) is 6.76. The van der Waals surface area contributed by atoms with Crippen LogP contribution in [0, 0.1) is 16.2 Å². The minimum atomic E-state index is -0.143. The van der Waals surface area contributed by atoms with E-state index in [4.69, 9.17) is 0 Å². The van der Waals surface area contributed by atoms with Crippen LogP contribution in [0.4, 0.5) is 0 Å². The zero-order chi connectivity index (χ0) is 19.3. The summed E-state index contributed by atoms with van der Waals surface area (Å²) < 4.78 is 0. The van der Waals surface area contributed by atoms with Gasteiger partial charge in [-0.05, 0) is 0 Å². The van der Waals surface area contributed by atoms with Crippen molar-refractivity contribution in [2.24, 2.45) is 16.2 Å². The van der Waals surface area contributed by atoms with E-state index in [0.717, 1.165) is 11.1 Å². The predicted octanol–water partition coefficient (Wildman–Crippen LogP) is 6.77. The van der Waals surface area contributed by atoms with Crippen LogP contribution in [0.5, 0.6) is 0 Å². The number of hydrogen-bond donors (Lipinski definition) is 0. The second-order valence-electron chi connectivity index (χ2n) is 8.38. The molecular formula is C24H34O. The highest BCUT2D eigenvalue weighted by atomic mass is 16.1. The standard InChI is InChI=1S/C22H28O.C2H6/c1-20(2)12-10-18(16-22(5,6)14-13-20)19(23)17-9-7-8-11-21(3,4)15-17;1-2/h7-16H,1-6H3;1-2H3/b12-10-,14-13-,18-16+;. The molecule has 2 aliphatic carbocycles. The summed E-state index contributed by atoms with van der Waals surface area (Å²) in [5.41, 5.74) is 1.21. The van der Waals surface area contributed by atoms with Crippen molar-refractivity contribution >= 4 is 5.78 Å². The lowest BCUT2D eigenvalue weighted by Gasteiger charge is -2.24. The predicted molar refractivity (Wildman–Crippen MR) is 110 cm³/mol. The molecular weight excluding hydrogens is 304 g/mol. The Balaban J connectivity index is 0.00000151. The number of carbonyl (C=O) groups is 1. The van der Waals surface area contributed by atoms with Gasteiger partial charge in [0.1, 0.15) is 0 Å². The monoisotopic (exact) mass is 338 g/mol. The zero-order valence-corrected chi connectivity index (χ0v) is 17.2. The van der Waals surface area contributed by atoms with Crippen LogP contribution in [-0.4, -0.2) is 5.78 Å². The van der Waals surface area contributed by atoms with Gasteiger partial charge in [0.2, 0.25) is 0 Å². The molecule has 0 heterocycles. The molecule has 1 nitrogen and oxygen atoms in total. The highest BCUT2D eigenvalue weighted by molar-refractivity contribution is 6.12. The van der Waals surface area contributed by atoms with Crippen molar-refractivity contribution in [3.63, 3.8) is 0 Å². The van der Waals surface area contributed by atoms with Gasteiger partial charge in [-0.3, -0.25) is 4.79 Å². The van der Waals surface area contributed by atoms with Gasteiger partial charge in [0.25, 0.3) is 0 Å². The van der Waals surface area contributed by atoms with Crippen LogP contribution in [0.15, 0.2) is 71.9 Å². The van der Waals surface area contributed by atoms with Gasteiger partial charge in [-0.15, -0.1) is 0 Å². The number of rotatable bonds is 2. The fourth-order valence-corrected chi connectivity index (χ4v) is 2.70. The molecule has 0 aliphatic heterocycles. The molecule has 2 aliphatic rings. The average molecular weight is 339 g/mol. The summed E-state index contributed by atoms with van der Waals surface area (Å²) >= 11 is 0. The number of Topliss-reactive ketones (excluding diaryl/α,β-unsaturated/α-hetero) is 1. The number of carbonyl (C=O) groups excluding carboxylic acids is 1. The van der Waals surface area contributed by atoms with Crippen molar-refractivity contribution in [3.8, 4) is 0 Å². The Bertz CT molecular complexity index is 671. The van der Waals surface area contributed by atoms with Crippen molar-refractivity contribution in [1.82, 2.24) is 0 Å². The minimum Gasteiger partial charge on any atom is -0.289 e. The normalized spacial score (nSPS) is 27.2. The molecule has 0 aromatic carbocycles. The molecule has 2 rings (SSSR count). The van der Waals surface area contributed by atoms with Crippen LogP contribution >= 0.6 is 0 Å². The highest BCUT2D eigenvalue weighted by Gasteiger charge is 2.23. The van der Waals surface area contributed by atoms with E-state index in [9.17, 15) is 4.79 Å². The zero-order valence-electron chi connectivity index (χ0n) is 17.2. The first-order valence-electron chi connectivity index (χ1n) is 9.26. The second kappa shape index (κ2) is 7.99. The number of ketones is 1. The van der Waals surface area contributed by atoms with E-state index in [2.05, 4.69) is 78.0 Å². The van der Waals surface area contributed by atoms with Gasteiger partial charge in [-0.25, -0.2) is 0 Å². The first-order chi connectivity index (χ1) is 11.5. The molecule has 0 aromatic rings. The van der Waals surface area contributed by atoms with Gasteiger partial charge in [0.05, 0.1) is 0 Å². The molecule has 25 heavy (non-hydrogen) atoms. The van der Waals surface area contributed by atoms with Crippen LogP contribution in [0.25, 0.3) is 0 Å². The summed E-state index contributed by atoms with van der Waals surface area (Å²) in [6, 6.07) is 0. The molecule has 0 fully saturated rings. The lowest BCUT2D eigenvalue weighted by molar-refractivity contribution is -0.111. The fourth-order valence-electron chi connectivity index (χ4n) is 2.70. The lowest BCUT2D eigenvalue weighted by Crippen LogP contribution is -2.15. The molecule has 0 bridgehead atoms. The average Bonchev–Trinajstić information content (AvgIpc) is 2.71. The van der Waals surface area contributed by atoms with Crippen LogP contribution in [-0.2, 0) is 4.79 Å². The Morgan fingerprint density at radius 3 is 1.72 bits per heavy atom. The summed E-state index contributed by atoms with van der Waals surface area (Å²) in [6.45, 7) is 16.8. The van der Waals surface area contributed by atoms with Gasteiger partial charge < -0.3 is 0 Å². The Hall–Kier alpha value is -1.89. The van der Waals surface area contributed by atoms with Gasteiger partial charge in [0.15, 0.2) is 5.78 Å². The van der Waals surface area contributed by atoms with Crippen LogP contribution in [0.3, 0.4) is 0 Å². The Morgan fingerprint density at radius 2 is 1.12 bits per heavy atom. The van der Waals surface area contributed by atoms with E-state index in [0.29, 0.717) is 0 Å². The maximum absolute atomic E-state index is 13.1. The van der Waals surface area contributed by atoms with Crippen molar-refractivity contribution < 1.29 is 4.79 Å². The first-order valence-corrected chi connectivity index (χ1v) is 9.26. The molecule has 0 atom stereocenters. The SMILES string of the molecule is CC.CC1(C)C=CC=CC(C(=O)C2=C/C(C)(C)/C=C\C(C)(C)/C=C\2)=C1. The van der Waals surface area contributed by atoms with Crippen LogP contribution in [0.2, 0.25) is 0 Å². The fraction of sp³-hybridized carbons (Fsp3) is 0.458. The smallest absolute Gasteiger partial charge is 0.192 e. The molecule has 0 amide bonds. The van der Waals surface area contributed by atoms with E-state index in [-0.39, 0.29) is 22.0 Å². The first kappa shape index (κ1) is 21.2. The van der Waals surface area contributed by atoms with Gasteiger partial charge in [-0.2, -0.15) is 0 Å². The molecule has 1 heteroatoms. The number of hydrogen-bond acceptors (Lipinski definition) is 1. The summed E-state index contributed by atoms with van der Waals surface area (Å²) in [6.07, 6.45) is 20.6. The molecule has 0 N–H and O–H groups in total. The highest BCUT2D eigenvalue weighted by Crippen LogP contribution is 2.32. The third kappa shape index (κ3) is 6.49. The maximum Gasteiger partial charge on any atom is 0.192 e. The van der Waals surface area contributed by atoms with E-state index in [1.165, 1.54) is 0 Å². The Labute approximate surface area is 154 Å².